The van der Waals surface area contributed by atoms with Gasteiger partial charge in [0.1, 0.15) is 18.2 Å². The number of pyridine rings is 1. The average molecular weight is 433 g/mol. The van der Waals surface area contributed by atoms with Crippen molar-refractivity contribution in [3.05, 3.63) is 42.0 Å². The Kier molecular flexibility index (Phi) is 6.47. The Morgan fingerprint density at radius 2 is 2.16 bits per heavy atom. The number of hydrogen-bond donors (Lipinski definition) is 0. The monoisotopic (exact) mass is 432 g/mol. The highest BCUT2D eigenvalue weighted by atomic mass is 16.5. The van der Waals surface area contributed by atoms with Gasteiger partial charge in [-0.3, -0.25) is 4.79 Å². The van der Waals surface area contributed by atoms with Crippen molar-refractivity contribution < 1.29 is 9.53 Å². The van der Waals surface area contributed by atoms with Gasteiger partial charge in [0.25, 0.3) is 0 Å². The first-order valence-corrected chi connectivity index (χ1v) is 11.0. The van der Waals surface area contributed by atoms with Crippen molar-refractivity contribution in [2.24, 2.45) is 0 Å². The zero-order valence-electron chi connectivity index (χ0n) is 18.6. The van der Waals surface area contributed by atoms with Crippen LogP contribution in [-0.4, -0.2) is 65.2 Å². The molecule has 1 unspecified atom stereocenters. The molecule has 8 heteroatoms. The average Bonchev–Trinajstić information content (AvgIpc) is 3.67. The third-order valence-corrected chi connectivity index (χ3v) is 6.06. The summed E-state index contributed by atoms with van der Waals surface area (Å²) in [6, 6.07) is 6.15. The molecular formula is C24H28N6O2. The summed E-state index contributed by atoms with van der Waals surface area (Å²) in [4.78, 5) is 30.1. The van der Waals surface area contributed by atoms with Gasteiger partial charge in [-0.1, -0.05) is 6.58 Å². The van der Waals surface area contributed by atoms with Crippen LogP contribution in [0.3, 0.4) is 0 Å². The van der Waals surface area contributed by atoms with Gasteiger partial charge in [0.05, 0.1) is 35.7 Å². The fourth-order valence-electron chi connectivity index (χ4n) is 4.20. The first-order valence-electron chi connectivity index (χ1n) is 11.0. The van der Waals surface area contributed by atoms with E-state index in [1.807, 2.05) is 24.0 Å². The van der Waals surface area contributed by atoms with Crippen LogP contribution in [0.1, 0.15) is 49.1 Å². The molecule has 1 saturated carbocycles. The summed E-state index contributed by atoms with van der Waals surface area (Å²) >= 11 is 0. The molecule has 0 aromatic carbocycles. The van der Waals surface area contributed by atoms with E-state index < -0.39 is 0 Å². The van der Waals surface area contributed by atoms with Crippen molar-refractivity contribution in [3.63, 3.8) is 0 Å². The first-order chi connectivity index (χ1) is 15.5. The van der Waals surface area contributed by atoms with Crippen LogP contribution in [0.4, 0.5) is 5.82 Å². The molecule has 2 aromatic heterocycles. The lowest BCUT2D eigenvalue weighted by atomic mass is 10.0. The number of nitrogens with zero attached hydrogens (tertiary/aromatic N) is 6. The van der Waals surface area contributed by atoms with Crippen molar-refractivity contribution in [3.8, 4) is 17.3 Å². The van der Waals surface area contributed by atoms with Gasteiger partial charge >= 0.3 is 0 Å². The second-order valence-corrected chi connectivity index (χ2v) is 8.34. The number of hydrogen-bond acceptors (Lipinski definition) is 7. The standard InChI is InChI=1S/C24H28N6O2/c1-4-19-12-21(27-15-26-19)20-11-18(13-25)24(28-23(20)17-5-6-17)29-8-9-30(16(2)14-29)22(31)7-10-32-3/h4,11-12,15-17H,1,5-10,14H2,2-3H3. The fourth-order valence-corrected chi connectivity index (χ4v) is 4.20. The first kappa shape index (κ1) is 21.9. The molecule has 32 heavy (non-hydrogen) atoms. The minimum absolute atomic E-state index is 0.0301. The lowest BCUT2D eigenvalue weighted by Crippen LogP contribution is -2.54. The molecule has 3 heterocycles. The third-order valence-electron chi connectivity index (χ3n) is 6.06. The molecule has 0 bridgehead atoms. The van der Waals surface area contributed by atoms with E-state index in [4.69, 9.17) is 9.72 Å². The van der Waals surface area contributed by atoms with Gasteiger partial charge in [-0.05, 0) is 38.0 Å². The molecule has 1 amide bonds. The molecule has 4 rings (SSSR count). The summed E-state index contributed by atoms with van der Waals surface area (Å²) in [6.07, 6.45) is 5.76. The SMILES string of the molecule is C=Cc1cc(-c2cc(C#N)c(N3CCN(C(=O)CCOC)C(C)C3)nc2C2CC2)ncn1. The second kappa shape index (κ2) is 9.45. The number of nitriles is 1. The number of anilines is 1. The number of amides is 1. The maximum atomic E-state index is 12.5. The van der Waals surface area contributed by atoms with Crippen LogP contribution in [0.2, 0.25) is 0 Å². The summed E-state index contributed by atoms with van der Waals surface area (Å²) in [5, 5.41) is 9.93. The smallest absolute Gasteiger partial charge is 0.225 e. The number of aromatic nitrogens is 3. The molecule has 166 valence electrons. The van der Waals surface area contributed by atoms with E-state index in [9.17, 15) is 10.1 Å². The number of rotatable bonds is 7. The number of carbonyl (C=O) groups is 1. The van der Waals surface area contributed by atoms with E-state index in [0.29, 0.717) is 50.0 Å². The third kappa shape index (κ3) is 4.48. The topological polar surface area (TPSA) is 95.2 Å². The van der Waals surface area contributed by atoms with Crippen molar-refractivity contribution in [1.29, 1.82) is 5.26 Å². The van der Waals surface area contributed by atoms with Crippen molar-refractivity contribution in [2.75, 3.05) is 38.3 Å². The Hall–Kier alpha value is -3.31. The van der Waals surface area contributed by atoms with Crippen LogP contribution in [0.15, 0.2) is 25.0 Å². The lowest BCUT2D eigenvalue weighted by molar-refractivity contribution is -0.134. The predicted octanol–water partition coefficient (Wildman–Crippen LogP) is 3.00. The summed E-state index contributed by atoms with van der Waals surface area (Å²) < 4.78 is 5.04. The molecule has 1 saturated heterocycles. The second-order valence-electron chi connectivity index (χ2n) is 8.34. The molecule has 0 spiro atoms. The van der Waals surface area contributed by atoms with Gasteiger partial charge in [0.2, 0.25) is 5.91 Å². The highest BCUT2D eigenvalue weighted by molar-refractivity contribution is 5.77. The van der Waals surface area contributed by atoms with Crippen LogP contribution in [-0.2, 0) is 9.53 Å². The molecule has 2 aliphatic rings. The molecular weight excluding hydrogens is 404 g/mol. The van der Waals surface area contributed by atoms with E-state index in [1.165, 1.54) is 6.33 Å². The van der Waals surface area contributed by atoms with E-state index in [-0.39, 0.29) is 11.9 Å². The summed E-state index contributed by atoms with van der Waals surface area (Å²) in [6.45, 7) is 8.13. The quantitative estimate of drug-likeness (QED) is 0.664. The highest BCUT2D eigenvalue weighted by Gasteiger charge is 2.33. The van der Waals surface area contributed by atoms with Crippen LogP contribution in [0.5, 0.6) is 0 Å². The van der Waals surface area contributed by atoms with Crippen LogP contribution < -0.4 is 4.90 Å². The maximum absolute atomic E-state index is 12.5. The summed E-state index contributed by atoms with van der Waals surface area (Å²) in [5.74, 6) is 1.18. The van der Waals surface area contributed by atoms with Gasteiger partial charge in [-0.25, -0.2) is 15.0 Å². The van der Waals surface area contributed by atoms with Crippen molar-refractivity contribution >= 4 is 17.8 Å². The van der Waals surface area contributed by atoms with Crippen LogP contribution in [0, 0.1) is 11.3 Å². The summed E-state index contributed by atoms with van der Waals surface area (Å²) in [7, 11) is 1.60. The predicted molar refractivity (Wildman–Crippen MR) is 122 cm³/mol. The van der Waals surface area contributed by atoms with Gasteiger partial charge in [-0.2, -0.15) is 5.26 Å². The number of carbonyl (C=O) groups excluding carboxylic acids is 1. The molecule has 0 N–H and O–H groups in total. The van der Waals surface area contributed by atoms with Gasteiger partial charge < -0.3 is 14.5 Å². The number of ether oxygens (including phenoxy) is 1. The molecule has 0 radical (unpaired) electrons. The van der Waals surface area contributed by atoms with Gasteiger partial charge in [0.15, 0.2) is 0 Å². The number of methoxy groups -OCH3 is 1. The summed E-state index contributed by atoms with van der Waals surface area (Å²) in [5.41, 5.74) is 3.89. The Labute approximate surface area is 188 Å². The molecule has 1 atom stereocenters. The lowest BCUT2D eigenvalue weighted by Gasteiger charge is -2.41. The minimum Gasteiger partial charge on any atom is -0.384 e. The minimum atomic E-state index is 0.0301. The fraction of sp³-hybridized carbons (Fsp3) is 0.458. The van der Waals surface area contributed by atoms with Crippen molar-refractivity contribution in [1.82, 2.24) is 19.9 Å². The Morgan fingerprint density at radius 3 is 2.81 bits per heavy atom. The van der Waals surface area contributed by atoms with E-state index >= 15 is 0 Å². The largest absolute Gasteiger partial charge is 0.384 e. The highest BCUT2D eigenvalue weighted by Crippen LogP contribution is 2.44. The molecule has 2 aromatic rings. The van der Waals surface area contributed by atoms with Crippen LogP contribution >= 0.6 is 0 Å². The normalized spacial score (nSPS) is 18.3. The van der Waals surface area contributed by atoms with E-state index in [0.717, 1.165) is 35.5 Å². The molecule has 1 aliphatic carbocycles. The van der Waals surface area contributed by atoms with Crippen LogP contribution in [0.25, 0.3) is 17.3 Å². The van der Waals surface area contributed by atoms with Gasteiger partial charge in [0, 0.05) is 44.3 Å². The molecule has 1 aliphatic heterocycles. The van der Waals surface area contributed by atoms with Gasteiger partial charge in [-0.15, -0.1) is 0 Å². The Morgan fingerprint density at radius 1 is 1.34 bits per heavy atom. The van der Waals surface area contributed by atoms with Crippen molar-refractivity contribution in [2.45, 2.75) is 38.1 Å². The molecule has 2 fully saturated rings. The Bertz CT molecular complexity index is 1060. The molecule has 8 nitrogen and oxygen atoms in total. The maximum Gasteiger partial charge on any atom is 0.225 e. The van der Waals surface area contributed by atoms with E-state index in [1.54, 1.807) is 13.2 Å². The number of piperazine rings is 1. The Balaban J connectivity index is 1.64. The zero-order valence-corrected chi connectivity index (χ0v) is 18.6. The van der Waals surface area contributed by atoms with E-state index in [2.05, 4.69) is 27.5 Å². The zero-order chi connectivity index (χ0) is 22.7.